The van der Waals surface area contributed by atoms with Crippen LogP contribution in [0, 0.1) is 5.82 Å². The van der Waals surface area contributed by atoms with Gasteiger partial charge in [0.05, 0.1) is 21.1 Å². The molecule has 2 N–H and O–H groups in total. The van der Waals surface area contributed by atoms with E-state index >= 15 is 0 Å². The molecule has 0 saturated carbocycles. The van der Waals surface area contributed by atoms with Gasteiger partial charge < -0.3 is 15.5 Å². The number of nitrogens with one attached hydrogen (secondary N) is 2. The van der Waals surface area contributed by atoms with E-state index in [0.717, 1.165) is 25.6 Å². The van der Waals surface area contributed by atoms with Gasteiger partial charge in [-0.25, -0.2) is 22.8 Å². The minimum Gasteiger partial charge on any atom is -0.374 e. The summed E-state index contributed by atoms with van der Waals surface area (Å²) in [6.07, 6.45) is 11.6. The molecule has 35 heavy (non-hydrogen) atoms. The Hall–Kier alpha value is -3.50. The molecule has 1 aromatic heterocycles. The molecule has 11 heteroatoms. The van der Waals surface area contributed by atoms with Gasteiger partial charge in [-0.1, -0.05) is 23.8 Å². The van der Waals surface area contributed by atoms with Crippen molar-refractivity contribution in [2.75, 3.05) is 30.0 Å². The predicted molar refractivity (Wildman–Crippen MR) is 135 cm³/mol. The van der Waals surface area contributed by atoms with Gasteiger partial charge in [0, 0.05) is 36.5 Å². The van der Waals surface area contributed by atoms with E-state index in [1.54, 1.807) is 6.08 Å². The molecule has 4 rings (SSSR count). The topological polar surface area (TPSA) is 104 Å². The number of anilines is 3. The maximum atomic E-state index is 13.5. The largest absolute Gasteiger partial charge is 0.374 e. The minimum atomic E-state index is -3.69. The van der Waals surface area contributed by atoms with E-state index in [9.17, 15) is 17.6 Å². The average Bonchev–Trinajstić information content (AvgIpc) is 2.81. The fraction of sp³-hybridized carbons (Fsp3) is 0.208. The van der Waals surface area contributed by atoms with Crippen molar-refractivity contribution < 1.29 is 17.6 Å². The van der Waals surface area contributed by atoms with E-state index < -0.39 is 21.6 Å². The summed E-state index contributed by atoms with van der Waals surface area (Å²) < 4.78 is 38.4. The lowest BCUT2D eigenvalue weighted by molar-refractivity contribution is -0.111. The fourth-order valence-electron chi connectivity index (χ4n) is 3.63. The van der Waals surface area contributed by atoms with E-state index in [1.807, 2.05) is 6.20 Å². The molecular weight excluding hydrogens is 493 g/mol. The number of fused-ring (bicyclic) bond motifs is 1. The van der Waals surface area contributed by atoms with Crippen LogP contribution in [-0.4, -0.2) is 48.5 Å². The van der Waals surface area contributed by atoms with Crippen molar-refractivity contribution in [2.45, 2.75) is 17.7 Å². The smallest absolute Gasteiger partial charge is 0.248 e. The molecule has 8 nitrogen and oxygen atoms in total. The highest BCUT2D eigenvalue weighted by Crippen LogP contribution is 2.32. The minimum absolute atomic E-state index is 0.0625. The first-order chi connectivity index (χ1) is 16.7. The van der Waals surface area contributed by atoms with Crippen molar-refractivity contribution >= 4 is 55.4 Å². The molecule has 0 spiro atoms. The number of amides is 1. The van der Waals surface area contributed by atoms with Gasteiger partial charge in [-0.05, 0) is 49.4 Å². The second-order valence-electron chi connectivity index (χ2n) is 8.03. The van der Waals surface area contributed by atoms with Gasteiger partial charge in [-0.3, -0.25) is 4.79 Å². The Bertz CT molecular complexity index is 1440. The highest BCUT2D eigenvalue weighted by molar-refractivity contribution is 7.90. The van der Waals surface area contributed by atoms with E-state index in [-0.39, 0.29) is 15.6 Å². The summed E-state index contributed by atoms with van der Waals surface area (Å²) in [4.78, 5) is 23.0. The molecule has 0 radical (unpaired) electrons. The van der Waals surface area contributed by atoms with Crippen LogP contribution in [0.4, 0.5) is 21.6 Å². The van der Waals surface area contributed by atoms with Crippen LogP contribution in [0.1, 0.15) is 12.8 Å². The van der Waals surface area contributed by atoms with Crippen molar-refractivity contribution in [3.63, 3.8) is 0 Å². The summed E-state index contributed by atoms with van der Waals surface area (Å²) in [5.41, 5.74) is 0.924. The molecule has 2 heterocycles. The molecule has 0 bridgehead atoms. The van der Waals surface area contributed by atoms with Crippen LogP contribution >= 0.6 is 11.6 Å². The lowest BCUT2D eigenvalue weighted by Gasteiger charge is -2.21. The monoisotopic (exact) mass is 515 g/mol. The maximum absolute atomic E-state index is 13.5. The van der Waals surface area contributed by atoms with Crippen LogP contribution < -0.4 is 10.6 Å². The van der Waals surface area contributed by atoms with Gasteiger partial charge in [0.25, 0.3) is 0 Å². The SMILES string of the molecule is CS(=O)(=O)c1cc2ncnc(Nc3ccc(F)c(Cl)c3)c2cc1NC(=O)C=CCN1C=CCCC1. The van der Waals surface area contributed by atoms with E-state index in [2.05, 4.69) is 31.6 Å². The number of benzene rings is 2. The maximum Gasteiger partial charge on any atom is 0.248 e. The Morgan fingerprint density at radius 3 is 2.80 bits per heavy atom. The number of carbonyl (C=O) groups is 1. The summed E-state index contributed by atoms with van der Waals surface area (Å²) in [5.74, 6) is -0.690. The third-order valence-electron chi connectivity index (χ3n) is 5.32. The third-order valence-corrected chi connectivity index (χ3v) is 6.74. The number of halogens is 2. The molecule has 1 amide bonds. The van der Waals surface area contributed by atoms with Gasteiger partial charge in [0.15, 0.2) is 9.84 Å². The van der Waals surface area contributed by atoms with Gasteiger partial charge in [0.2, 0.25) is 5.91 Å². The summed E-state index contributed by atoms with van der Waals surface area (Å²) in [5, 5.41) is 6.09. The normalized spacial score (nSPS) is 14.0. The molecule has 182 valence electrons. The van der Waals surface area contributed by atoms with Crippen molar-refractivity contribution in [1.29, 1.82) is 0 Å². The first-order valence-corrected chi connectivity index (χ1v) is 13.1. The molecule has 3 aromatic rings. The van der Waals surface area contributed by atoms with E-state index in [1.165, 1.54) is 42.7 Å². The second kappa shape index (κ2) is 10.4. The fourth-order valence-corrected chi connectivity index (χ4v) is 4.65. The number of nitrogens with zero attached hydrogens (tertiary/aromatic N) is 3. The third kappa shape index (κ3) is 6.14. The molecule has 2 aromatic carbocycles. The number of allylic oxidation sites excluding steroid dienone is 1. The Morgan fingerprint density at radius 2 is 2.09 bits per heavy atom. The molecule has 0 fully saturated rings. The zero-order valence-corrected chi connectivity index (χ0v) is 20.4. The average molecular weight is 516 g/mol. The molecule has 0 aliphatic carbocycles. The number of carbonyl (C=O) groups excluding carboxylic acids is 1. The van der Waals surface area contributed by atoms with Crippen molar-refractivity contribution in [3.8, 4) is 0 Å². The van der Waals surface area contributed by atoms with Crippen LogP contribution in [-0.2, 0) is 14.6 Å². The van der Waals surface area contributed by atoms with Crippen molar-refractivity contribution in [3.05, 3.63) is 71.9 Å². The first-order valence-electron chi connectivity index (χ1n) is 10.8. The summed E-state index contributed by atoms with van der Waals surface area (Å²) in [6.45, 7) is 1.49. The Morgan fingerprint density at radius 1 is 1.26 bits per heavy atom. The van der Waals surface area contributed by atoms with Crippen LogP contribution in [0.3, 0.4) is 0 Å². The zero-order chi connectivity index (χ0) is 25.0. The Balaban J connectivity index is 1.64. The van der Waals surface area contributed by atoms with Crippen LogP contribution in [0.2, 0.25) is 5.02 Å². The number of rotatable bonds is 7. The highest BCUT2D eigenvalue weighted by atomic mass is 35.5. The molecule has 0 unspecified atom stereocenters. The van der Waals surface area contributed by atoms with Gasteiger partial charge in [0.1, 0.15) is 18.0 Å². The number of hydrogen-bond acceptors (Lipinski definition) is 7. The van der Waals surface area contributed by atoms with E-state index in [0.29, 0.717) is 29.0 Å². The van der Waals surface area contributed by atoms with Crippen LogP contribution in [0.15, 0.2) is 66.0 Å². The first kappa shape index (κ1) is 24.6. The summed E-state index contributed by atoms with van der Waals surface area (Å²) in [6, 6.07) is 6.99. The van der Waals surface area contributed by atoms with Crippen molar-refractivity contribution in [2.24, 2.45) is 0 Å². The Kier molecular flexibility index (Phi) is 7.32. The van der Waals surface area contributed by atoms with Crippen LogP contribution in [0.25, 0.3) is 10.9 Å². The molecular formula is C24H23ClFN5O3S. The second-order valence-corrected chi connectivity index (χ2v) is 10.4. The molecule has 0 saturated heterocycles. The van der Waals surface area contributed by atoms with Crippen molar-refractivity contribution in [1.82, 2.24) is 14.9 Å². The molecule has 1 aliphatic rings. The zero-order valence-electron chi connectivity index (χ0n) is 18.8. The van der Waals surface area contributed by atoms with Crippen LogP contribution in [0.5, 0.6) is 0 Å². The molecule has 1 aliphatic heterocycles. The van der Waals surface area contributed by atoms with Gasteiger partial charge in [-0.2, -0.15) is 0 Å². The predicted octanol–water partition coefficient (Wildman–Crippen LogP) is 4.67. The lowest BCUT2D eigenvalue weighted by atomic mass is 10.2. The number of aromatic nitrogens is 2. The standard InChI is InChI=1S/C24H23ClFN5O3S/c1-35(33,34)22-14-20-17(24(28-15-27-20)29-16-7-8-19(26)18(25)12-16)13-21(22)30-23(32)6-5-11-31-9-3-2-4-10-31/h3,5-9,12-15H,2,4,10-11H2,1H3,(H,30,32)(H,27,28,29). The number of hydrogen-bond donors (Lipinski definition) is 2. The molecule has 0 atom stereocenters. The Labute approximate surface area is 207 Å². The summed E-state index contributed by atoms with van der Waals surface area (Å²) in [7, 11) is -3.69. The quantitative estimate of drug-likeness (QED) is 0.440. The van der Waals surface area contributed by atoms with Gasteiger partial charge in [-0.15, -0.1) is 0 Å². The van der Waals surface area contributed by atoms with Gasteiger partial charge >= 0.3 is 0 Å². The summed E-state index contributed by atoms with van der Waals surface area (Å²) >= 11 is 5.87. The number of sulfone groups is 1. The lowest BCUT2D eigenvalue weighted by Crippen LogP contribution is -2.21. The van der Waals surface area contributed by atoms with E-state index in [4.69, 9.17) is 11.6 Å². The highest BCUT2D eigenvalue weighted by Gasteiger charge is 2.18.